The quantitative estimate of drug-likeness (QED) is 0.748. The Morgan fingerprint density at radius 1 is 1.56 bits per heavy atom. The van der Waals surface area contributed by atoms with Gasteiger partial charge in [0.1, 0.15) is 5.82 Å². The van der Waals surface area contributed by atoms with Crippen LogP contribution in [0.15, 0.2) is 18.2 Å². The van der Waals surface area contributed by atoms with Crippen LogP contribution < -0.4 is 0 Å². The minimum atomic E-state index is -0.529. The monoisotopic (exact) mass is 258 g/mol. The van der Waals surface area contributed by atoms with E-state index in [2.05, 4.69) is 0 Å². The van der Waals surface area contributed by atoms with E-state index >= 15 is 0 Å². The van der Waals surface area contributed by atoms with Crippen LogP contribution in [0.25, 0.3) is 0 Å². The first kappa shape index (κ1) is 11.9. The van der Waals surface area contributed by atoms with Crippen LogP contribution in [-0.4, -0.2) is 16.3 Å². The molecule has 1 atom stereocenters. The smallest absolute Gasteiger partial charge is 0.178 e. The van der Waals surface area contributed by atoms with Crippen LogP contribution in [0.4, 0.5) is 4.39 Å². The summed E-state index contributed by atoms with van der Waals surface area (Å²) in [6.45, 7) is 1.93. The summed E-state index contributed by atoms with van der Waals surface area (Å²) in [4.78, 5) is 12.2. The standard InChI is InChI=1S/C12H12ClFOS/c1-12(5-2-6-16-12)11(15)8-3-4-9(13)10(14)7-8/h3-4,7H,2,5-6H2,1H3. The Labute approximate surface area is 103 Å². The van der Waals surface area contributed by atoms with E-state index in [1.165, 1.54) is 12.1 Å². The Balaban J connectivity index is 2.30. The van der Waals surface area contributed by atoms with Crippen molar-refractivity contribution >= 4 is 29.1 Å². The minimum absolute atomic E-state index is 0.00515. The molecule has 0 saturated carbocycles. The average molecular weight is 259 g/mol. The summed E-state index contributed by atoms with van der Waals surface area (Å²) in [5.41, 5.74) is 0.416. The summed E-state index contributed by atoms with van der Waals surface area (Å²) in [6, 6.07) is 4.26. The molecule has 0 aromatic heterocycles. The van der Waals surface area contributed by atoms with Gasteiger partial charge in [0.2, 0.25) is 0 Å². The molecule has 0 N–H and O–H groups in total. The Morgan fingerprint density at radius 3 is 2.88 bits per heavy atom. The van der Waals surface area contributed by atoms with Crippen molar-refractivity contribution in [1.29, 1.82) is 0 Å². The lowest BCUT2D eigenvalue weighted by Crippen LogP contribution is -2.28. The molecule has 1 aliphatic rings. The van der Waals surface area contributed by atoms with E-state index in [0.717, 1.165) is 18.6 Å². The van der Waals surface area contributed by atoms with Crippen LogP contribution in [0, 0.1) is 5.82 Å². The van der Waals surface area contributed by atoms with Gasteiger partial charge in [-0.2, -0.15) is 0 Å². The van der Waals surface area contributed by atoms with E-state index in [-0.39, 0.29) is 15.6 Å². The largest absolute Gasteiger partial charge is 0.293 e. The maximum absolute atomic E-state index is 13.3. The third-order valence-corrected chi connectivity index (χ3v) is 4.71. The number of hydrogen-bond acceptors (Lipinski definition) is 2. The fourth-order valence-corrected chi connectivity index (χ4v) is 3.30. The minimum Gasteiger partial charge on any atom is -0.293 e. The molecule has 0 bridgehead atoms. The molecule has 86 valence electrons. The summed E-state index contributed by atoms with van der Waals surface area (Å²) < 4.78 is 12.9. The second kappa shape index (κ2) is 4.38. The van der Waals surface area contributed by atoms with Gasteiger partial charge in [0.15, 0.2) is 5.78 Å². The molecule has 1 aliphatic heterocycles. The average Bonchev–Trinajstić information content (AvgIpc) is 2.70. The van der Waals surface area contributed by atoms with Crippen LogP contribution in [-0.2, 0) is 0 Å². The van der Waals surface area contributed by atoms with Gasteiger partial charge in [-0.25, -0.2) is 4.39 Å². The molecule has 0 radical (unpaired) electrons. The molecule has 1 aromatic rings. The second-order valence-electron chi connectivity index (χ2n) is 4.14. The molecular weight excluding hydrogens is 247 g/mol. The van der Waals surface area contributed by atoms with Gasteiger partial charge >= 0.3 is 0 Å². The Kier molecular flexibility index (Phi) is 3.27. The number of benzene rings is 1. The van der Waals surface area contributed by atoms with Crippen molar-refractivity contribution in [2.75, 3.05) is 5.75 Å². The van der Waals surface area contributed by atoms with Crippen LogP contribution in [0.5, 0.6) is 0 Å². The van der Waals surface area contributed by atoms with Crippen molar-refractivity contribution in [3.05, 3.63) is 34.6 Å². The summed E-state index contributed by atoms with van der Waals surface area (Å²) in [5, 5.41) is 0.0563. The number of carbonyl (C=O) groups excluding carboxylic acids is 1. The van der Waals surface area contributed by atoms with E-state index in [1.807, 2.05) is 6.92 Å². The van der Waals surface area contributed by atoms with Crippen molar-refractivity contribution in [2.45, 2.75) is 24.5 Å². The lowest BCUT2D eigenvalue weighted by molar-refractivity contribution is 0.0948. The van der Waals surface area contributed by atoms with E-state index in [4.69, 9.17) is 11.6 Å². The first-order valence-corrected chi connectivity index (χ1v) is 6.53. The number of rotatable bonds is 2. The molecule has 1 fully saturated rings. The fourth-order valence-electron chi connectivity index (χ4n) is 1.90. The third kappa shape index (κ3) is 2.11. The Morgan fingerprint density at radius 2 is 2.31 bits per heavy atom. The Bertz CT molecular complexity index is 427. The van der Waals surface area contributed by atoms with Gasteiger partial charge in [0, 0.05) is 5.56 Å². The molecule has 4 heteroatoms. The van der Waals surface area contributed by atoms with Crippen LogP contribution in [0.3, 0.4) is 0 Å². The molecular formula is C12H12ClFOS. The van der Waals surface area contributed by atoms with Gasteiger partial charge < -0.3 is 0 Å². The zero-order chi connectivity index (χ0) is 11.8. The highest BCUT2D eigenvalue weighted by molar-refractivity contribution is 8.01. The number of ketones is 1. The number of carbonyl (C=O) groups is 1. The first-order valence-electron chi connectivity index (χ1n) is 5.17. The normalized spacial score (nSPS) is 24.7. The van der Waals surface area contributed by atoms with Crippen molar-refractivity contribution in [2.24, 2.45) is 0 Å². The molecule has 0 aliphatic carbocycles. The van der Waals surface area contributed by atoms with Crippen molar-refractivity contribution in [3.8, 4) is 0 Å². The highest BCUT2D eigenvalue weighted by atomic mass is 35.5. The van der Waals surface area contributed by atoms with Crippen molar-refractivity contribution < 1.29 is 9.18 Å². The first-order chi connectivity index (χ1) is 7.53. The molecule has 1 saturated heterocycles. The predicted molar refractivity (Wildman–Crippen MR) is 65.8 cm³/mol. The SMILES string of the molecule is CC1(C(=O)c2ccc(Cl)c(F)c2)CCCS1. The number of hydrogen-bond donors (Lipinski definition) is 0. The lowest BCUT2D eigenvalue weighted by atomic mass is 9.94. The van der Waals surface area contributed by atoms with Crippen LogP contribution >= 0.6 is 23.4 Å². The molecule has 2 rings (SSSR count). The molecule has 0 amide bonds. The number of thioether (sulfide) groups is 1. The zero-order valence-electron chi connectivity index (χ0n) is 8.93. The van der Waals surface area contributed by atoms with Crippen molar-refractivity contribution in [3.63, 3.8) is 0 Å². The van der Waals surface area contributed by atoms with Gasteiger partial charge in [0.25, 0.3) is 0 Å². The summed E-state index contributed by atoms with van der Waals surface area (Å²) >= 11 is 7.24. The highest BCUT2D eigenvalue weighted by Gasteiger charge is 2.37. The number of halogens is 2. The third-order valence-electron chi connectivity index (χ3n) is 2.88. The van der Waals surface area contributed by atoms with Gasteiger partial charge in [-0.1, -0.05) is 11.6 Å². The van der Waals surface area contributed by atoms with E-state index < -0.39 is 5.82 Å². The lowest BCUT2D eigenvalue weighted by Gasteiger charge is -2.20. The van der Waals surface area contributed by atoms with Gasteiger partial charge in [-0.15, -0.1) is 11.8 Å². The van der Waals surface area contributed by atoms with E-state index in [9.17, 15) is 9.18 Å². The van der Waals surface area contributed by atoms with Gasteiger partial charge in [0.05, 0.1) is 9.77 Å². The summed E-state index contributed by atoms with van der Waals surface area (Å²) in [5.74, 6) is 0.475. The van der Waals surface area contributed by atoms with Gasteiger partial charge in [-0.3, -0.25) is 4.79 Å². The molecule has 1 nitrogen and oxygen atoms in total. The highest BCUT2D eigenvalue weighted by Crippen LogP contribution is 2.40. The predicted octanol–water partition coefficient (Wildman–Crippen LogP) is 3.95. The molecule has 16 heavy (non-hydrogen) atoms. The maximum Gasteiger partial charge on any atom is 0.178 e. The van der Waals surface area contributed by atoms with E-state index in [0.29, 0.717) is 5.56 Å². The molecule has 1 heterocycles. The van der Waals surface area contributed by atoms with Crippen LogP contribution in [0.1, 0.15) is 30.1 Å². The number of Topliss-reactive ketones (excluding diaryl/α,β-unsaturated/α-hetero) is 1. The fraction of sp³-hybridized carbons (Fsp3) is 0.417. The molecule has 0 spiro atoms. The topological polar surface area (TPSA) is 17.1 Å². The molecule has 1 aromatic carbocycles. The summed E-state index contributed by atoms with van der Waals surface area (Å²) in [6.07, 6.45) is 1.91. The van der Waals surface area contributed by atoms with Crippen LogP contribution in [0.2, 0.25) is 5.02 Å². The van der Waals surface area contributed by atoms with Crippen molar-refractivity contribution in [1.82, 2.24) is 0 Å². The van der Waals surface area contributed by atoms with E-state index in [1.54, 1.807) is 17.8 Å². The maximum atomic E-state index is 13.3. The Hall–Kier alpha value is -0.540. The zero-order valence-corrected chi connectivity index (χ0v) is 10.5. The second-order valence-corrected chi connectivity index (χ2v) is 6.15. The van der Waals surface area contributed by atoms with Gasteiger partial charge in [-0.05, 0) is 43.7 Å². The molecule has 1 unspecified atom stereocenters. The summed E-state index contributed by atoms with van der Waals surface area (Å²) in [7, 11) is 0.